The highest BCUT2D eigenvalue weighted by Gasteiger charge is 2.43. The van der Waals surface area contributed by atoms with Gasteiger partial charge in [-0.15, -0.1) is 0 Å². The Kier molecular flexibility index (Phi) is 4.91. The van der Waals surface area contributed by atoms with E-state index in [0.717, 1.165) is 17.1 Å². The zero-order valence-electron chi connectivity index (χ0n) is 18.3. The van der Waals surface area contributed by atoms with Crippen LogP contribution in [0.2, 0.25) is 0 Å². The highest BCUT2D eigenvalue weighted by molar-refractivity contribution is 6.11. The standard InChI is InChI=1S/C28H22N2O4/c31-23-17-19(24-12-6-14-33-24)16-21-26(23)27(25-13-7-15-34-25)30(22-11-5-4-10-20(22)29-21)28(32)18-8-2-1-3-9-18/h1-15,19,27,29H,16-17H2/t19-,27-/m0/s1. The van der Waals surface area contributed by atoms with Crippen LogP contribution in [0.4, 0.5) is 11.4 Å². The van der Waals surface area contributed by atoms with Gasteiger partial charge in [0.2, 0.25) is 0 Å². The zero-order valence-corrected chi connectivity index (χ0v) is 18.3. The highest BCUT2D eigenvalue weighted by Crippen LogP contribution is 2.47. The maximum atomic E-state index is 14.0. The fourth-order valence-electron chi connectivity index (χ4n) is 4.97. The molecule has 2 aromatic carbocycles. The minimum atomic E-state index is -0.695. The van der Waals surface area contributed by atoms with Crippen LogP contribution in [0.1, 0.15) is 46.7 Å². The van der Waals surface area contributed by atoms with Crippen molar-refractivity contribution in [3.63, 3.8) is 0 Å². The van der Waals surface area contributed by atoms with Crippen LogP contribution in [0.5, 0.6) is 0 Å². The van der Waals surface area contributed by atoms with E-state index >= 15 is 0 Å². The van der Waals surface area contributed by atoms with E-state index in [-0.39, 0.29) is 17.6 Å². The second kappa shape index (κ2) is 8.23. The molecule has 6 heteroatoms. The summed E-state index contributed by atoms with van der Waals surface area (Å²) in [7, 11) is 0. The summed E-state index contributed by atoms with van der Waals surface area (Å²) >= 11 is 0. The van der Waals surface area contributed by atoms with E-state index in [4.69, 9.17) is 8.83 Å². The number of furan rings is 2. The van der Waals surface area contributed by atoms with Gasteiger partial charge in [-0.05, 0) is 55.0 Å². The first-order valence-electron chi connectivity index (χ1n) is 11.3. The fourth-order valence-corrected chi connectivity index (χ4v) is 4.97. The van der Waals surface area contributed by atoms with Crippen LogP contribution >= 0.6 is 0 Å². The Labute approximate surface area is 196 Å². The number of hydrogen-bond acceptors (Lipinski definition) is 5. The van der Waals surface area contributed by atoms with Gasteiger partial charge in [0, 0.05) is 29.2 Å². The molecule has 6 rings (SSSR count). The number of anilines is 2. The third-order valence-corrected chi connectivity index (χ3v) is 6.49. The topological polar surface area (TPSA) is 75.7 Å². The number of hydrogen-bond donors (Lipinski definition) is 1. The van der Waals surface area contributed by atoms with Gasteiger partial charge in [0.1, 0.15) is 17.6 Å². The summed E-state index contributed by atoms with van der Waals surface area (Å²) in [4.78, 5) is 29.4. The Morgan fingerprint density at radius 3 is 2.26 bits per heavy atom. The number of para-hydroxylation sites is 2. The van der Waals surface area contributed by atoms with Crippen LogP contribution < -0.4 is 10.2 Å². The predicted octanol–water partition coefficient (Wildman–Crippen LogP) is 6.09. The van der Waals surface area contributed by atoms with Gasteiger partial charge in [-0.3, -0.25) is 14.5 Å². The van der Waals surface area contributed by atoms with E-state index in [2.05, 4.69) is 5.32 Å². The third-order valence-electron chi connectivity index (χ3n) is 6.49. The van der Waals surface area contributed by atoms with Crippen molar-refractivity contribution in [1.29, 1.82) is 0 Å². The van der Waals surface area contributed by atoms with E-state index in [9.17, 15) is 9.59 Å². The molecule has 1 amide bonds. The summed E-state index contributed by atoms with van der Waals surface area (Å²) in [5.74, 6) is 1.02. The average molecular weight is 450 g/mol. The summed E-state index contributed by atoms with van der Waals surface area (Å²) in [5, 5.41) is 3.49. The number of allylic oxidation sites excluding steroid dienone is 1. The molecule has 6 nitrogen and oxygen atoms in total. The number of nitrogens with one attached hydrogen (secondary N) is 1. The molecular formula is C28H22N2O4. The van der Waals surface area contributed by atoms with Crippen molar-refractivity contribution < 1.29 is 18.4 Å². The number of ketones is 1. The van der Waals surface area contributed by atoms with E-state index in [0.29, 0.717) is 35.4 Å². The number of carbonyl (C=O) groups is 2. The first kappa shape index (κ1) is 20.3. The van der Waals surface area contributed by atoms with Crippen molar-refractivity contribution in [3.05, 3.63) is 120 Å². The molecule has 0 unspecified atom stereocenters. The first-order chi connectivity index (χ1) is 16.7. The summed E-state index contributed by atoms with van der Waals surface area (Å²) in [5.41, 5.74) is 3.33. The molecule has 0 saturated heterocycles. The van der Waals surface area contributed by atoms with E-state index in [1.807, 2.05) is 60.7 Å². The molecule has 1 aliphatic heterocycles. The Bertz CT molecular complexity index is 1370. The lowest BCUT2D eigenvalue weighted by molar-refractivity contribution is -0.116. The van der Waals surface area contributed by atoms with Gasteiger partial charge in [0.25, 0.3) is 5.91 Å². The molecular weight excluding hydrogens is 428 g/mol. The first-order valence-corrected chi connectivity index (χ1v) is 11.3. The SMILES string of the molecule is O=C1C[C@@H](c2ccco2)CC2=C1[C@H](c1ccco1)N(C(=O)c1ccccc1)c1ccccc1N2. The Hall–Kier alpha value is -4.32. The smallest absolute Gasteiger partial charge is 0.259 e. The minimum absolute atomic E-state index is 0.0322. The zero-order chi connectivity index (χ0) is 23.1. The van der Waals surface area contributed by atoms with Crippen LogP contribution in [0.15, 0.2) is 111 Å². The van der Waals surface area contributed by atoms with Crippen LogP contribution in [-0.2, 0) is 4.79 Å². The number of amides is 1. The quantitative estimate of drug-likeness (QED) is 0.409. The van der Waals surface area contributed by atoms with Crippen LogP contribution in [0.3, 0.4) is 0 Å². The molecule has 2 aromatic heterocycles. The monoisotopic (exact) mass is 450 g/mol. The minimum Gasteiger partial charge on any atom is -0.469 e. The summed E-state index contributed by atoms with van der Waals surface area (Å²) in [6.07, 6.45) is 4.10. The number of Topliss-reactive ketones (excluding diaryl/α,β-unsaturated/α-hetero) is 1. The van der Waals surface area contributed by atoms with Crippen LogP contribution in [-0.4, -0.2) is 11.7 Å². The van der Waals surface area contributed by atoms with Crippen molar-refractivity contribution in [1.82, 2.24) is 0 Å². The summed E-state index contributed by atoms with van der Waals surface area (Å²) < 4.78 is 11.5. The normalized spacial score (nSPS) is 19.8. The number of benzene rings is 2. The summed E-state index contributed by atoms with van der Waals surface area (Å²) in [6, 6.07) is 23.4. The molecule has 1 N–H and O–H groups in total. The molecule has 0 spiro atoms. The number of carbonyl (C=O) groups excluding carboxylic acids is 2. The second-order valence-corrected chi connectivity index (χ2v) is 8.54. The molecule has 3 heterocycles. The molecule has 0 radical (unpaired) electrons. The predicted molar refractivity (Wildman–Crippen MR) is 127 cm³/mol. The number of rotatable bonds is 3. The molecule has 2 atom stereocenters. The van der Waals surface area contributed by atoms with Crippen molar-refractivity contribution in [3.8, 4) is 0 Å². The number of nitrogens with zero attached hydrogens (tertiary/aromatic N) is 1. The lowest BCUT2D eigenvalue weighted by Gasteiger charge is -2.33. The van der Waals surface area contributed by atoms with Crippen molar-refractivity contribution >= 4 is 23.1 Å². The van der Waals surface area contributed by atoms with E-state index in [1.54, 1.807) is 35.6 Å². The van der Waals surface area contributed by atoms with Crippen molar-refractivity contribution in [2.45, 2.75) is 24.8 Å². The average Bonchev–Trinajstić information content (AvgIpc) is 3.57. The molecule has 0 bridgehead atoms. The molecule has 0 saturated carbocycles. The largest absolute Gasteiger partial charge is 0.469 e. The molecule has 1 aliphatic carbocycles. The number of fused-ring (bicyclic) bond motifs is 1. The van der Waals surface area contributed by atoms with Gasteiger partial charge >= 0.3 is 0 Å². The third kappa shape index (κ3) is 3.35. The van der Waals surface area contributed by atoms with Gasteiger partial charge in [0.05, 0.1) is 23.9 Å². The van der Waals surface area contributed by atoms with E-state index < -0.39 is 6.04 Å². The van der Waals surface area contributed by atoms with Gasteiger partial charge in [0.15, 0.2) is 5.78 Å². The van der Waals surface area contributed by atoms with E-state index in [1.165, 1.54) is 0 Å². The van der Waals surface area contributed by atoms with Crippen LogP contribution in [0, 0.1) is 0 Å². The molecule has 168 valence electrons. The van der Waals surface area contributed by atoms with Crippen LogP contribution in [0.25, 0.3) is 0 Å². The second-order valence-electron chi connectivity index (χ2n) is 8.54. The Morgan fingerprint density at radius 1 is 0.824 bits per heavy atom. The molecule has 2 aliphatic rings. The molecule has 34 heavy (non-hydrogen) atoms. The summed E-state index contributed by atoms with van der Waals surface area (Å²) in [6.45, 7) is 0. The van der Waals surface area contributed by atoms with Gasteiger partial charge in [-0.25, -0.2) is 0 Å². The van der Waals surface area contributed by atoms with Gasteiger partial charge in [-0.2, -0.15) is 0 Å². The Balaban J connectivity index is 1.56. The Morgan fingerprint density at radius 2 is 1.53 bits per heavy atom. The molecule has 0 fully saturated rings. The van der Waals surface area contributed by atoms with Gasteiger partial charge in [-0.1, -0.05) is 30.3 Å². The maximum absolute atomic E-state index is 14.0. The lowest BCUT2D eigenvalue weighted by atomic mass is 9.81. The fraction of sp³-hybridized carbons (Fsp3) is 0.143. The maximum Gasteiger partial charge on any atom is 0.259 e. The van der Waals surface area contributed by atoms with Crippen molar-refractivity contribution in [2.75, 3.05) is 10.2 Å². The molecule has 4 aromatic rings. The lowest BCUT2D eigenvalue weighted by Crippen LogP contribution is -2.38. The van der Waals surface area contributed by atoms with Crippen molar-refractivity contribution in [2.24, 2.45) is 0 Å². The van der Waals surface area contributed by atoms with Gasteiger partial charge < -0.3 is 14.2 Å². The highest BCUT2D eigenvalue weighted by atomic mass is 16.3.